The number of hydrogen-bond acceptors (Lipinski definition) is 3. The summed E-state index contributed by atoms with van der Waals surface area (Å²) in [6, 6.07) is 0. The summed E-state index contributed by atoms with van der Waals surface area (Å²) < 4.78 is 0.599. The summed E-state index contributed by atoms with van der Waals surface area (Å²) in [6.07, 6.45) is 9.32. The molecular weight excluding hydrogens is 204 g/mol. The molecule has 1 atom stereocenters. The van der Waals surface area contributed by atoms with E-state index in [4.69, 9.17) is 0 Å². The maximum Gasteiger partial charge on any atom is 0.0281 e. The Bertz CT molecular complexity index is 181. The second-order valence-electron chi connectivity index (χ2n) is 5.08. The van der Waals surface area contributed by atoms with E-state index < -0.39 is 0 Å². The van der Waals surface area contributed by atoms with Gasteiger partial charge in [-0.2, -0.15) is 11.8 Å². The first-order valence-corrected chi connectivity index (χ1v) is 7.54. The van der Waals surface area contributed by atoms with Gasteiger partial charge in [-0.05, 0) is 57.5 Å². The van der Waals surface area contributed by atoms with Gasteiger partial charge in [-0.3, -0.25) is 0 Å². The van der Waals surface area contributed by atoms with Crippen LogP contribution in [0.25, 0.3) is 0 Å². The fourth-order valence-corrected chi connectivity index (χ4v) is 3.57. The van der Waals surface area contributed by atoms with Gasteiger partial charge in [-0.1, -0.05) is 6.42 Å². The van der Waals surface area contributed by atoms with Crippen LogP contribution in [-0.2, 0) is 0 Å². The van der Waals surface area contributed by atoms with Crippen LogP contribution in [0, 0.1) is 5.92 Å². The molecule has 0 aromatic rings. The van der Waals surface area contributed by atoms with E-state index in [1.807, 2.05) is 0 Å². The number of piperidine rings is 1. The van der Waals surface area contributed by atoms with Crippen molar-refractivity contribution in [1.29, 1.82) is 0 Å². The quantitative estimate of drug-likeness (QED) is 0.751. The zero-order valence-corrected chi connectivity index (χ0v) is 10.7. The van der Waals surface area contributed by atoms with Gasteiger partial charge in [0.1, 0.15) is 0 Å². The summed E-state index contributed by atoms with van der Waals surface area (Å²) in [5.41, 5.74) is 0. The van der Waals surface area contributed by atoms with Crippen LogP contribution in [0.4, 0.5) is 0 Å². The largest absolute Gasteiger partial charge is 0.316 e. The molecule has 1 aliphatic heterocycles. The van der Waals surface area contributed by atoms with Crippen LogP contribution in [0.1, 0.15) is 32.1 Å². The summed E-state index contributed by atoms with van der Waals surface area (Å²) in [7, 11) is 0. The van der Waals surface area contributed by atoms with Crippen LogP contribution in [0.5, 0.6) is 0 Å². The molecule has 2 aliphatic rings. The lowest BCUT2D eigenvalue weighted by molar-refractivity contribution is 0.314. The highest BCUT2D eigenvalue weighted by Crippen LogP contribution is 2.42. The van der Waals surface area contributed by atoms with Crippen LogP contribution >= 0.6 is 11.8 Å². The van der Waals surface area contributed by atoms with E-state index in [0.717, 1.165) is 5.92 Å². The van der Waals surface area contributed by atoms with Crippen LogP contribution in [0.2, 0.25) is 0 Å². The van der Waals surface area contributed by atoms with Gasteiger partial charge in [-0.15, -0.1) is 0 Å². The average Bonchev–Trinajstić information content (AvgIpc) is 2.24. The lowest BCUT2D eigenvalue weighted by atomic mass is 9.84. The smallest absolute Gasteiger partial charge is 0.0281 e. The minimum Gasteiger partial charge on any atom is -0.316 e. The third-order valence-corrected chi connectivity index (χ3v) is 5.40. The van der Waals surface area contributed by atoms with Crippen molar-refractivity contribution in [3.8, 4) is 0 Å². The van der Waals surface area contributed by atoms with E-state index in [1.54, 1.807) is 0 Å². The van der Waals surface area contributed by atoms with Crippen molar-refractivity contribution < 1.29 is 0 Å². The maximum absolute atomic E-state index is 3.69. The zero-order chi connectivity index (χ0) is 10.6. The minimum atomic E-state index is 0.599. The predicted octanol–water partition coefficient (Wildman–Crippen LogP) is 1.86. The van der Waals surface area contributed by atoms with Crippen molar-refractivity contribution >= 4 is 11.8 Å². The molecule has 88 valence electrons. The zero-order valence-electron chi connectivity index (χ0n) is 9.85. The van der Waals surface area contributed by atoms with E-state index in [2.05, 4.69) is 28.7 Å². The third kappa shape index (κ3) is 3.11. The van der Waals surface area contributed by atoms with Gasteiger partial charge in [0.25, 0.3) is 0 Å². The van der Waals surface area contributed by atoms with E-state index in [1.165, 1.54) is 58.3 Å². The van der Waals surface area contributed by atoms with E-state index >= 15 is 0 Å². The molecule has 0 aromatic heterocycles. The molecule has 0 aromatic carbocycles. The Labute approximate surface area is 98.0 Å². The second kappa shape index (κ2) is 5.55. The molecule has 2 fully saturated rings. The Kier molecular flexibility index (Phi) is 4.35. The normalized spacial score (nSPS) is 29.8. The van der Waals surface area contributed by atoms with Crippen molar-refractivity contribution in [1.82, 2.24) is 10.6 Å². The molecule has 3 heteroatoms. The monoisotopic (exact) mass is 228 g/mol. The Morgan fingerprint density at radius 1 is 1.40 bits per heavy atom. The van der Waals surface area contributed by atoms with Crippen LogP contribution in [0.3, 0.4) is 0 Å². The number of hydrogen-bond donors (Lipinski definition) is 2. The van der Waals surface area contributed by atoms with Gasteiger partial charge >= 0.3 is 0 Å². The molecule has 0 radical (unpaired) electrons. The van der Waals surface area contributed by atoms with Gasteiger partial charge in [0.2, 0.25) is 0 Å². The molecule has 15 heavy (non-hydrogen) atoms. The Morgan fingerprint density at radius 3 is 2.80 bits per heavy atom. The molecular formula is C12H24N2S. The molecule has 1 heterocycles. The molecule has 1 aliphatic carbocycles. The maximum atomic E-state index is 3.69. The van der Waals surface area contributed by atoms with Gasteiger partial charge < -0.3 is 10.6 Å². The van der Waals surface area contributed by atoms with Crippen molar-refractivity contribution in [2.45, 2.75) is 36.9 Å². The predicted molar refractivity (Wildman–Crippen MR) is 68.6 cm³/mol. The molecule has 0 spiro atoms. The molecule has 0 amide bonds. The minimum absolute atomic E-state index is 0.599. The molecule has 2 nitrogen and oxygen atoms in total. The Morgan fingerprint density at radius 2 is 2.27 bits per heavy atom. The summed E-state index contributed by atoms with van der Waals surface area (Å²) in [6.45, 7) is 4.89. The first-order chi connectivity index (χ1) is 7.35. The summed E-state index contributed by atoms with van der Waals surface area (Å²) in [4.78, 5) is 0. The lowest BCUT2D eigenvalue weighted by Gasteiger charge is -2.41. The second-order valence-corrected chi connectivity index (χ2v) is 6.36. The van der Waals surface area contributed by atoms with Gasteiger partial charge in [-0.25, -0.2) is 0 Å². The number of rotatable bonds is 5. The summed E-state index contributed by atoms with van der Waals surface area (Å²) in [5, 5.41) is 7.17. The summed E-state index contributed by atoms with van der Waals surface area (Å²) in [5.74, 6) is 0.873. The van der Waals surface area contributed by atoms with Gasteiger partial charge in [0, 0.05) is 11.3 Å². The highest BCUT2D eigenvalue weighted by molar-refractivity contribution is 8.00. The van der Waals surface area contributed by atoms with E-state index in [-0.39, 0.29) is 0 Å². The van der Waals surface area contributed by atoms with Crippen LogP contribution in [-0.4, -0.2) is 37.2 Å². The van der Waals surface area contributed by atoms with Crippen LogP contribution < -0.4 is 10.6 Å². The highest BCUT2D eigenvalue weighted by atomic mass is 32.2. The fourth-order valence-electron chi connectivity index (χ4n) is 2.63. The highest BCUT2D eigenvalue weighted by Gasteiger charge is 2.35. The average molecular weight is 228 g/mol. The Hall–Kier alpha value is 0.270. The molecule has 2 rings (SSSR count). The van der Waals surface area contributed by atoms with E-state index in [0.29, 0.717) is 4.75 Å². The van der Waals surface area contributed by atoms with Crippen LogP contribution in [0.15, 0.2) is 0 Å². The lowest BCUT2D eigenvalue weighted by Crippen LogP contribution is -2.45. The van der Waals surface area contributed by atoms with Crippen molar-refractivity contribution in [3.05, 3.63) is 0 Å². The first kappa shape index (κ1) is 11.7. The van der Waals surface area contributed by atoms with E-state index in [9.17, 15) is 0 Å². The van der Waals surface area contributed by atoms with Crippen molar-refractivity contribution in [3.63, 3.8) is 0 Å². The number of nitrogens with one attached hydrogen (secondary N) is 2. The topological polar surface area (TPSA) is 24.1 Å². The fraction of sp³-hybridized carbons (Fsp3) is 1.00. The van der Waals surface area contributed by atoms with Crippen molar-refractivity contribution in [2.75, 3.05) is 32.4 Å². The SMILES string of the molecule is CSC1(CNCC2CCCNC2)CCC1. The summed E-state index contributed by atoms with van der Waals surface area (Å²) >= 11 is 2.07. The molecule has 1 saturated heterocycles. The molecule has 1 saturated carbocycles. The molecule has 2 N–H and O–H groups in total. The third-order valence-electron chi connectivity index (χ3n) is 3.98. The van der Waals surface area contributed by atoms with Gasteiger partial charge in [0.15, 0.2) is 0 Å². The Balaban J connectivity index is 1.61. The standard InChI is InChI=1S/C12H24N2S/c1-15-12(5-3-6-12)10-14-9-11-4-2-7-13-8-11/h11,13-14H,2-10H2,1H3. The molecule has 1 unspecified atom stereocenters. The van der Waals surface area contributed by atoms with Gasteiger partial charge in [0.05, 0.1) is 0 Å². The molecule has 0 bridgehead atoms. The number of thioether (sulfide) groups is 1. The van der Waals surface area contributed by atoms with Crippen molar-refractivity contribution in [2.24, 2.45) is 5.92 Å². The first-order valence-electron chi connectivity index (χ1n) is 6.31.